The molecule has 0 amide bonds. The second-order valence-electron chi connectivity index (χ2n) is 3.85. The third-order valence-electron chi connectivity index (χ3n) is 2.39. The Bertz CT molecular complexity index is 612. The molecule has 3 nitrogen and oxygen atoms in total. The Balaban J connectivity index is 2.13. The van der Waals surface area contributed by atoms with Crippen LogP contribution in [-0.4, -0.2) is 9.97 Å². The van der Waals surface area contributed by atoms with Gasteiger partial charge in [-0.05, 0) is 24.3 Å². The molecule has 2 aromatic rings. The Hall–Kier alpha value is -2.25. The van der Waals surface area contributed by atoms with Crippen molar-refractivity contribution in [2.75, 3.05) is 5.32 Å². The van der Waals surface area contributed by atoms with E-state index in [9.17, 15) is 22.0 Å². The van der Waals surface area contributed by atoms with Gasteiger partial charge in [0.25, 0.3) is 0 Å². The van der Waals surface area contributed by atoms with Crippen LogP contribution in [0.3, 0.4) is 0 Å². The van der Waals surface area contributed by atoms with Gasteiger partial charge in [0.1, 0.15) is 17.3 Å². The number of hydrogen-bond donors (Lipinski definition) is 1. The molecular formula is C12H8F5N3. The number of hydrogen-bond acceptors (Lipinski definition) is 3. The Morgan fingerprint density at radius 3 is 2.55 bits per heavy atom. The molecule has 20 heavy (non-hydrogen) atoms. The van der Waals surface area contributed by atoms with Crippen LogP contribution >= 0.6 is 0 Å². The van der Waals surface area contributed by atoms with Crippen molar-refractivity contribution in [2.45, 2.75) is 12.7 Å². The fraction of sp³-hybridized carbons (Fsp3) is 0.167. The summed E-state index contributed by atoms with van der Waals surface area (Å²) in [6.45, 7) is -0.231. The van der Waals surface area contributed by atoms with Gasteiger partial charge in [-0.15, -0.1) is 0 Å². The molecule has 2 rings (SSSR count). The second kappa shape index (κ2) is 5.40. The van der Waals surface area contributed by atoms with Crippen molar-refractivity contribution in [2.24, 2.45) is 0 Å². The highest BCUT2D eigenvalue weighted by molar-refractivity contribution is 5.29. The third-order valence-corrected chi connectivity index (χ3v) is 2.39. The Morgan fingerprint density at radius 1 is 1.10 bits per heavy atom. The van der Waals surface area contributed by atoms with Gasteiger partial charge in [0, 0.05) is 18.3 Å². The maximum absolute atomic E-state index is 13.3. The third kappa shape index (κ3) is 3.40. The average molecular weight is 289 g/mol. The van der Waals surface area contributed by atoms with Crippen molar-refractivity contribution >= 4 is 5.95 Å². The number of anilines is 1. The Morgan fingerprint density at radius 2 is 1.85 bits per heavy atom. The maximum Gasteiger partial charge on any atom is 0.433 e. The summed E-state index contributed by atoms with van der Waals surface area (Å²) in [6.07, 6.45) is -3.66. The smallest absolute Gasteiger partial charge is 0.350 e. The molecule has 0 unspecified atom stereocenters. The Kier molecular flexibility index (Phi) is 3.82. The first-order valence-electron chi connectivity index (χ1n) is 5.44. The van der Waals surface area contributed by atoms with Gasteiger partial charge in [0.05, 0.1) is 0 Å². The van der Waals surface area contributed by atoms with Gasteiger partial charge in [-0.2, -0.15) is 13.2 Å². The van der Waals surface area contributed by atoms with Crippen molar-refractivity contribution in [3.63, 3.8) is 0 Å². The molecule has 0 saturated carbocycles. The lowest BCUT2D eigenvalue weighted by Gasteiger charge is -2.09. The van der Waals surface area contributed by atoms with E-state index in [1.54, 1.807) is 0 Å². The molecule has 0 fully saturated rings. The molecule has 106 valence electrons. The van der Waals surface area contributed by atoms with Crippen molar-refractivity contribution in [1.29, 1.82) is 0 Å². The summed E-state index contributed by atoms with van der Waals surface area (Å²) in [4.78, 5) is 6.83. The normalized spacial score (nSPS) is 11.4. The molecule has 0 aliphatic heterocycles. The zero-order valence-corrected chi connectivity index (χ0v) is 9.88. The summed E-state index contributed by atoms with van der Waals surface area (Å²) < 4.78 is 63.5. The lowest BCUT2D eigenvalue weighted by Crippen LogP contribution is -2.12. The minimum Gasteiger partial charge on any atom is -0.350 e. The quantitative estimate of drug-likeness (QED) is 0.880. The Labute approximate surface area is 110 Å². The topological polar surface area (TPSA) is 37.8 Å². The van der Waals surface area contributed by atoms with E-state index in [1.165, 1.54) is 0 Å². The van der Waals surface area contributed by atoms with E-state index in [0.29, 0.717) is 6.07 Å². The van der Waals surface area contributed by atoms with Crippen LogP contribution in [0.1, 0.15) is 11.3 Å². The zero-order valence-electron chi connectivity index (χ0n) is 9.88. The highest BCUT2D eigenvalue weighted by atomic mass is 19.4. The van der Waals surface area contributed by atoms with Gasteiger partial charge in [-0.1, -0.05) is 0 Å². The molecule has 0 aliphatic carbocycles. The molecular weight excluding hydrogens is 281 g/mol. The number of halogens is 5. The SMILES string of the molecule is Fc1ccc(F)c(CNc2nccc(C(F)(F)F)n2)c1. The van der Waals surface area contributed by atoms with Crippen LogP contribution in [0.15, 0.2) is 30.5 Å². The summed E-state index contributed by atoms with van der Waals surface area (Å²) in [7, 11) is 0. The van der Waals surface area contributed by atoms with Crippen molar-refractivity contribution in [1.82, 2.24) is 9.97 Å². The zero-order chi connectivity index (χ0) is 14.8. The molecule has 0 atom stereocenters. The summed E-state index contributed by atoms with van der Waals surface area (Å²) in [6, 6.07) is 3.53. The minimum atomic E-state index is -4.59. The average Bonchev–Trinajstić information content (AvgIpc) is 2.39. The predicted octanol–water partition coefficient (Wildman–Crippen LogP) is 3.39. The fourth-order valence-electron chi connectivity index (χ4n) is 1.45. The number of nitrogens with zero attached hydrogens (tertiary/aromatic N) is 2. The first kappa shape index (κ1) is 14.2. The molecule has 1 aromatic heterocycles. The summed E-state index contributed by atoms with van der Waals surface area (Å²) in [5, 5.41) is 2.41. The van der Waals surface area contributed by atoms with Gasteiger partial charge in [0.2, 0.25) is 5.95 Å². The van der Waals surface area contributed by atoms with Crippen molar-refractivity contribution in [3.8, 4) is 0 Å². The monoisotopic (exact) mass is 289 g/mol. The summed E-state index contributed by atoms with van der Waals surface area (Å²) in [5.74, 6) is -1.64. The molecule has 0 bridgehead atoms. The summed E-state index contributed by atoms with van der Waals surface area (Å²) in [5.41, 5.74) is -1.15. The van der Waals surface area contributed by atoms with E-state index >= 15 is 0 Å². The van der Waals surface area contributed by atoms with E-state index in [2.05, 4.69) is 15.3 Å². The van der Waals surface area contributed by atoms with Crippen LogP contribution in [-0.2, 0) is 12.7 Å². The van der Waals surface area contributed by atoms with Gasteiger partial charge in [-0.25, -0.2) is 18.7 Å². The van der Waals surface area contributed by atoms with E-state index in [1.807, 2.05) is 0 Å². The standard InChI is InChI=1S/C12H8F5N3/c13-8-1-2-9(14)7(5-8)6-19-11-18-4-3-10(20-11)12(15,16)17/h1-5H,6H2,(H,18,19,20). The number of nitrogens with one attached hydrogen (secondary N) is 1. The minimum absolute atomic E-state index is 0.0361. The largest absolute Gasteiger partial charge is 0.433 e. The number of aromatic nitrogens is 2. The van der Waals surface area contributed by atoms with Crippen LogP contribution in [0.5, 0.6) is 0 Å². The van der Waals surface area contributed by atoms with E-state index in [4.69, 9.17) is 0 Å². The number of benzene rings is 1. The van der Waals surface area contributed by atoms with Crippen LogP contribution in [0.2, 0.25) is 0 Å². The maximum atomic E-state index is 13.3. The summed E-state index contributed by atoms with van der Waals surface area (Å²) >= 11 is 0. The molecule has 1 N–H and O–H groups in total. The highest BCUT2D eigenvalue weighted by Crippen LogP contribution is 2.27. The van der Waals surface area contributed by atoms with Crippen LogP contribution < -0.4 is 5.32 Å². The number of rotatable bonds is 3. The molecule has 0 aliphatic rings. The van der Waals surface area contributed by atoms with Gasteiger partial charge in [-0.3, -0.25) is 0 Å². The van der Waals surface area contributed by atoms with Gasteiger partial charge < -0.3 is 5.32 Å². The van der Waals surface area contributed by atoms with Crippen LogP contribution in [0.25, 0.3) is 0 Å². The highest BCUT2D eigenvalue weighted by Gasteiger charge is 2.32. The van der Waals surface area contributed by atoms with Crippen molar-refractivity contribution in [3.05, 3.63) is 53.4 Å². The molecule has 0 saturated heterocycles. The predicted molar refractivity (Wildman–Crippen MR) is 60.7 cm³/mol. The van der Waals surface area contributed by atoms with Gasteiger partial charge in [0.15, 0.2) is 0 Å². The second-order valence-corrected chi connectivity index (χ2v) is 3.85. The van der Waals surface area contributed by atoms with E-state index in [-0.39, 0.29) is 18.1 Å². The number of alkyl halides is 3. The van der Waals surface area contributed by atoms with Crippen molar-refractivity contribution < 1.29 is 22.0 Å². The fourth-order valence-corrected chi connectivity index (χ4v) is 1.45. The lowest BCUT2D eigenvalue weighted by molar-refractivity contribution is -0.141. The molecule has 0 spiro atoms. The van der Waals surface area contributed by atoms with Crippen LogP contribution in [0, 0.1) is 11.6 Å². The van der Waals surface area contributed by atoms with E-state index < -0.39 is 23.5 Å². The first-order valence-corrected chi connectivity index (χ1v) is 5.44. The van der Waals surface area contributed by atoms with E-state index in [0.717, 1.165) is 24.4 Å². The molecule has 1 heterocycles. The molecule has 0 radical (unpaired) electrons. The lowest BCUT2D eigenvalue weighted by atomic mass is 10.2. The molecule has 8 heteroatoms. The molecule has 1 aromatic carbocycles. The van der Waals surface area contributed by atoms with Crippen LogP contribution in [0.4, 0.5) is 27.9 Å². The first-order chi connectivity index (χ1) is 9.36. The van der Waals surface area contributed by atoms with Gasteiger partial charge >= 0.3 is 6.18 Å².